The maximum absolute atomic E-state index is 12.7. The highest BCUT2D eigenvalue weighted by Crippen LogP contribution is 2.41. The van der Waals surface area contributed by atoms with E-state index in [0.717, 1.165) is 24.8 Å². The van der Waals surface area contributed by atoms with Crippen molar-refractivity contribution in [1.29, 1.82) is 0 Å². The maximum Gasteiger partial charge on any atom is 0.251 e. The Hall–Kier alpha value is -1.75. The monoisotopic (exact) mass is 392 g/mol. The van der Waals surface area contributed by atoms with E-state index in [2.05, 4.69) is 17.6 Å². The Kier molecular flexibility index (Phi) is 5.71. The second-order valence-electron chi connectivity index (χ2n) is 8.50. The quantitative estimate of drug-likeness (QED) is 0.802. The lowest BCUT2D eigenvalue weighted by atomic mass is 9.80. The van der Waals surface area contributed by atoms with Crippen molar-refractivity contribution < 1.29 is 14.3 Å². The third-order valence-electron chi connectivity index (χ3n) is 5.47. The second kappa shape index (κ2) is 7.70. The van der Waals surface area contributed by atoms with Crippen LogP contribution < -0.4 is 15.4 Å². The lowest BCUT2D eigenvalue weighted by Crippen LogP contribution is -2.51. The van der Waals surface area contributed by atoms with Crippen molar-refractivity contribution in [2.75, 3.05) is 6.54 Å². The van der Waals surface area contributed by atoms with E-state index in [1.165, 1.54) is 0 Å². The van der Waals surface area contributed by atoms with Gasteiger partial charge in [-0.1, -0.05) is 24.9 Å². The summed E-state index contributed by atoms with van der Waals surface area (Å²) in [5.41, 5.74) is 1.15. The maximum atomic E-state index is 12.7. The van der Waals surface area contributed by atoms with E-state index in [4.69, 9.17) is 16.3 Å². The van der Waals surface area contributed by atoms with Crippen molar-refractivity contribution >= 4 is 23.4 Å². The molecule has 2 heterocycles. The number of benzene rings is 1. The van der Waals surface area contributed by atoms with Crippen LogP contribution in [0.2, 0.25) is 5.02 Å². The van der Waals surface area contributed by atoms with Gasteiger partial charge in [0.05, 0.1) is 10.9 Å². The van der Waals surface area contributed by atoms with Crippen LogP contribution in [-0.2, 0) is 11.2 Å². The molecule has 6 heteroatoms. The zero-order valence-electron chi connectivity index (χ0n) is 16.5. The van der Waals surface area contributed by atoms with Crippen LogP contribution in [0, 0.1) is 11.8 Å². The van der Waals surface area contributed by atoms with Crippen LogP contribution in [0.5, 0.6) is 5.75 Å². The van der Waals surface area contributed by atoms with Gasteiger partial charge in [0, 0.05) is 30.1 Å². The normalized spacial score (nSPS) is 26.1. The molecule has 1 saturated heterocycles. The van der Waals surface area contributed by atoms with E-state index < -0.39 is 0 Å². The SMILES string of the molecule is CCCC1CC(C)NC(=O)C1CNC(=O)c1cc(Cl)c2c(c1)CC(C)(C)O2. The molecule has 0 aromatic heterocycles. The van der Waals surface area contributed by atoms with E-state index in [1.54, 1.807) is 6.07 Å². The predicted octanol–water partition coefficient (Wildman–Crippen LogP) is 3.72. The Morgan fingerprint density at radius 1 is 1.41 bits per heavy atom. The fraction of sp³-hybridized carbons (Fsp3) is 0.619. The Morgan fingerprint density at radius 2 is 2.15 bits per heavy atom. The van der Waals surface area contributed by atoms with Crippen molar-refractivity contribution in [2.24, 2.45) is 11.8 Å². The summed E-state index contributed by atoms with van der Waals surface area (Å²) in [5.74, 6) is 0.622. The molecule has 0 bridgehead atoms. The van der Waals surface area contributed by atoms with Crippen molar-refractivity contribution in [3.63, 3.8) is 0 Å². The molecule has 2 N–H and O–H groups in total. The third-order valence-corrected chi connectivity index (χ3v) is 5.75. The standard InChI is InChI=1S/C21H29ClN2O3/c1-5-6-13-7-12(2)24-20(26)16(13)11-23-19(25)14-8-15-10-21(3,4)27-18(15)17(22)9-14/h8-9,12-13,16H,5-7,10-11H2,1-4H3,(H,23,25)(H,24,26). The number of hydrogen-bond acceptors (Lipinski definition) is 3. The summed E-state index contributed by atoms with van der Waals surface area (Å²) in [7, 11) is 0. The lowest BCUT2D eigenvalue weighted by Gasteiger charge is -2.34. The molecule has 1 fully saturated rings. The highest BCUT2D eigenvalue weighted by Gasteiger charge is 2.35. The number of nitrogens with one attached hydrogen (secondary N) is 2. The molecule has 2 amide bonds. The molecule has 3 unspecified atom stereocenters. The van der Waals surface area contributed by atoms with Gasteiger partial charge in [-0.25, -0.2) is 0 Å². The molecule has 2 aliphatic rings. The van der Waals surface area contributed by atoms with Gasteiger partial charge in [-0.05, 0) is 51.7 Å². The number of rotatable bonds is 5. The third kappa shape index (κ3) is 4.40. The van der Waals surface area contributed by atoms with Gasteiger partial charge in [-0.15, -0.1) is 0 Å². The number of halogens is 1. The minimum absolute atomic E-state index is 0.0367. The molecule has 0 radical (unpaired) electrons. The fourth-order valence-corrected chi connectivity index (χ4v) is 4.57. The average Bonchev–Trinajstić information content (AvgIpc) is 2.88. The number of ether oxygens (including phenoxy) is 1. The van der Waals surface area contributed by atoms with Crippen LogP contribution in [0.15, 0.2) is 12.1 Å². The summed E-state index contributed by atoms with van der Waals surface area (Å²) < 4.78 is 5.86. The predicted molar refractivity (Wildman–Crippen MR) is 106 cm³/mol. The van der Waals surface area contributed by atoms with Crippen LogP contribution in [0.1, 0.15) is 62.9 Å². The van der Waals surface area contributed by atoms with Crippen LogP contribution in [0.4, 0.5) is 0 Å². The minimum atomic E-state index is -0.314. The van der Waals surface area contributed by atoms with Gasteiger partial charge in [0.15, 0.2) is 0 Å². The van der Waals surface area contributed by atoms with Gasteiger partial charge in [0.25, 0.3) is 5.91 Å². The van der Waals surface area contributed by atoms with Crippen molar-refractivity contribution in [1.82, 2.24) is 10.6 Å². The summed E-state index contributed by atoms with van der Waals surface area (Å²) in [6.45, 7) is 8.51. The summed E-state index contributed by atoms with van der Waals surface area (Å²) in [4.78, 5) is 25.1. The van der Waals surface area contributed by atoms with Gasteiger partial charge in [0.2, 0.25) is 5.91 Å². The molecule has 2 aliphatic heterocycles. The average molecular weight is 393 g/mol. The second-order valence-corrected chi connectivity index (χ2v) is 8.90. The van der Waals surface area contributed by atoms with Crippen LogP contribution >= 0.6 is 11.6 Å². The van der Waals surface area contributed by atoms with Crippen molar-refractivity contribution in [3.05, 3.63) is 28.3 Å². The Labute approximate surface area is 166 Å². The van der Waals surface area contributed by atoms with E-state index in [-0.39, 0.29) is 29.4 Å². The lowest BCUT2D eigenvalue weighted by molar-refractivity contribution is -0.129. The van der Waals surface area contributed by atoms with Gasteiger partial charge < -0.3 is 15.4 Å². The van der Waals surface area contributed by atoms with Gasteiger partial charge in [-0.2, -0.15) is 0 Å². The van der Waals surface area contributed by atoms with Gasteiger partial charge in [0.1, 0.15) is 11.4 Å². The topological polar surface area (TPSA) is 67.4 Å². The molecular weight excluding hydrogens is 364 g/mol. The Bertz CT molecular complexity index is 747. The van der Waals surface area contributed by atoms with Crippen LogP contribution in [-0.4, -0.2) is 30.0 Å². The zero-order valence-corrected chi connectivity index (χ0v) is 17.3. The summed E-state index contributed by atoms with van der Waals surface area (Å²) in [6, 6.07) is 3.68. The first-order valence-electron chi connectivity index (χ1n) is 9.80. The highest BCUT2D eigenvalue weighted by molar-refractivity contribution is 6.32. The van der Waals surface area contributed by atoms with E-state index in [9.17, 15) is 9.59 Å². The molecule has 3 rings (SSSR count). The van der Waals surface area contributed by atoms with Gasteiger partial charge in [-0.3, -0.25) is 9.59 Å². The number of carbonyl (C=O) groups is 2. The number of hydrogen-bond donors (Lipinski definition) is 2. The molecule has 148 valence electrons. The zero-order chi connectivity index (χ0) is 19.8. The summed E-state index contributed by atoms with van der Waals surface area (Å²) >= 11 is 6.33. The summed E-state index contributed by atoms with van der Waals surface area (Å²) in [5, 5.41) is 6.40. The first-order valence-corrected chi connectivity index (χ1v) is 10.2. The molecular formula is C21H29ClN2O3. The molecule has 1 aromatic carbocycles. The van der Waals surface area contributed by atoms with Crippen LogP contribution in [0.25, 0.3) is 0 Å². The molecule has 27 heavy (non-hydrogen) atoms. The smallest absolute Gasteiger partial charge is 0.251 e. The molecule has 0 saturated carbocycles. The van der Waals surface area contributed by atoms with E-state index in [0.29, 0.717) is 35.2 Å². The highest BCUT2D eigenvalue weighted by atomic mass is 35.5. The molecule has 3 atom stereocenters. The molecule has 0 spiro atoms. The Balaban J connectivity index is 1.69. The van der Waals surface area contributed by atoms with E-state index >= 15 is 0 Å². The van der Waals surface area contributed by atoms with Crippen LogP contribution in [0.3, 0.4) is 0 Å². The molecule has 0 aliphatic carbocycles. The number of fused-ring (bicyclic) bond motifs is 1. The van der Waals surface area contributed by atoms with E-state index in [1.807, 2.05) is 26.8 Å². The number of piperidine rings is 1. The minimum Gasteiger partial charge on any atom is -0.486 e. The Morgan fingerprint density at radius 3 is 2.85 bits per heavy atom. The van der Waals surface area contributed by atoms with Crippen molar-refractivity contribution in [2.45, 2.75) is 65.0 Å². The van der Waals surface area contributed by atoms with Gasteiger partial charge >= 0.3 is 0 Å². The number of carbonyl (C=O) groups excluding carboxylic acids is 2. The fourth-order valence-electron chi connectivity index (χ4n) is 4.29. The summed E-state index contributed by atoms with van der Waals surface area (Å²) in [6.07, 6.45) is 3.70. The first-order chi connectivity index (χ1) is 12.7. The van der Waals surface area contributed by atoms with Crippen molar-refractivity contribution in [3.8, 4) is 5.75 Å². The largest absolute Gasteiger partial charge is 0.486 e. The first kappa shape index (κ1) is 20.0. The number of amides is 2. The molecule has 5 nitrogen and oxygen atoms in total. The molecule has 1 aromatic rings.